The van der Waals surface area contributed by atoms with E-state index >= 15 is 0 Å². The standard InChI is InChI=1S/C18H27FN2O2/c19-12-17-16(18(22)20-15-7-10-23-11-8-15)6-9-21(17)13-14-4-2-1-3-5-14/h6,9,14-15H,1-5,7-8,10-13H2,(H,20,22). The Morgan fingerprint density at radius 2 is 1.96 bits per heavy atom. The fourth-order valence-corrected chi connectivity index (χ4v) is 3.78. The molecule has 1 saturated heterocycles. The topological polar surface area (TPSA) is 43.3 Å². The Hall–Kier alpha value is -1.36. The fraction of sp³-hybridized carbons (Fsp3) is 0.722. The molecule has 4 nitrogen and oxygen atoms in total. The highest BCUT2D eigenvalue weighted by Crippen LogP contribution is 2.26. The molecule has 1 N–H and O–H groups in total. The summed E-state index contributed by atoms with van der Waals surface area (Å²) in [5.74, 6) is 0.472. The minimum Gasteiger partial charge on any atom is -0.381 e. The van der Waals surface area contributed by atoms with Crippen LogP contribution in [0.4, 0.5) is 4.39 Å². The summed E-state index contributed by atoms with van der Waals surface area (Å²) in [6.45, 7) is 1.62. The SMILES string of the molecule is O=C(NC1CCOCC1)c1ccn(CC2CCCCC2)c1CF. The van der Waals surface area contributed by atoms with Crippen molar-refractivity contribution in [2.45, 2.75) is 64.2 Å². The van der Waals surface area contributed by atoms with Gasteiger partial charge in [0.15, 0.2) is 0 Å². The minimum atomic E-state index is -0.587. The number of carbonyl (C=O) groups excluding carboxylic acids is 1. The van der Waals surface area contributed by atoms with Gasteiger partial charge in [0.1, 0.15) is 6.67 Å². The van der Waals surface area contributed by atoms with Crippen LogP contribution in [0.3, 0.4) is 0 Å². The maximum absolute atomic E-state index is 13.6. The molecule has 1 aliphatic carbocycles. The number of halogens is 1. The zero-order chi connectivity index (χ0) is 16.1. The summed E-state index contributed by atoms with van der Waals surface area (Å²) in [6.07, 6.45) is 9.83. The predicted molar refractivity (Wildman–Crippen MR) is 87.1 cm³/mol. The van der Waals surface area contributed by atoms with Gasteiger partial charge < -0.3 is 14.6 Å². The molecule has 2 aliphatic rings. The number of amides is 1. The summed E-state index contributed by atoms with van der Waals surface area (Å²) in [7, 11) is 0. The normalized spacial score (nSPS) is 20.6. The van der Waals surface area contributed by atoms with Crippen LogP contribution in [0.15, 0.2) is 12.3 Å². The number of hydrogen-bond acceptors (Lipinski definition) is 2. The number of alkyl halides is 1. The van der Waals surface area contributed by atoms with Crippen molar-refractivity contribution in [3.63, 3.8) is 0 Å². The summed E-state index contributed by atoms with van der Waals surface area (Å²) < 4.78 is 20.8. The van der Waals surface area contributed by atoms with E-state index in [4.69, 9.17) is 4.74 Å². The van der Waals surface area contributed by atoms with Crippen LogP contribution < -0.4 is 5.32 Å². The molecule has 0 bridgehead atoms. The van der Waals surface area contributed by atoms with Crippen LogP contribution in [0.5, 0.6) is 0 Å². The first-order chi connectivity index (χ1) is 11.3. The van der Waals surface area contributed by atoms with Crippen LogP contribution in [0.25, 0.3) is 0 Å². The van der Waals surface area contributed by atoms with Gasteiger partial charge in [0.2, 0.25) is 0 Å². The molecule has 0 unspecified atom stereocenters. The second-order valence-corrected chi connectivity index (χ2v) is 6.83. The van der Waals surface area contributed by atoms with Gasteiger partial charge in [-0.25, -0.2) is 4.39 Å². The van der Waals surface area contributed by atoms with E-state index in [1.165, 1.54) is 32.1 Å². The van der Waals surface area contributed by atoms with E-state index in [0.717, 1.165) is 19.4 Å². The van der Waals surface area contributed by atoms with E-state index in [2.05, 4.69) is 5.32 Å². The molecule has 0 radical (unpaired) electrons. The number of rotatable bonds is 5. The van der Waals surface area contributed by atoms with Crippen molar-refractivity contribution < 1.29 is 13.9 Å². The van der Waals surface area contributed by atoms with Gasteiger partial charge in [-0.05, 0) is 37.7 Å². The van der Waals surface area contributed by atoms with Crippen LogP contribution in [0.1, 0.15) is 61.0 Å². The van der Waals surface area contributed by atoms with Gasteiger partial charge in [0, 0.05) is 32.0 Å². The molecule has 2 fully saturated rings. The molecule has 1 aromatic rings. The van der Waals surface area contributed by atoms with Crippen molar-refractivity contribution in [1.82, 2.24) is 9.88 Å². The molecule has 1 saturated carbocycles. The van der Waals surface area contributed by atoms with Gasteiger partial charge in [-0.15, -0.1) is 0 Å². The minimum absolute atomic E-state index is 0.144. The third-order valence-electron chi connectivity index (χ3n) is 5.19. The third-order valence-corrected chi connectivity index (χ3v) is 5.19. The molecule has 5 heteroatoms. The van der Waals surface area contributed by atoms with Crippen LogP contribution in [-0.4, -0.2) is 29.7 Å². The number of hydrogen-bond donors (Lipinski definition) is 1. The quantitative estimate of drug-likeness (QED) is 0.902. The number of nitrogens with zero attached hydrogens (tertiary/aromatic N) is 1. The van der Waals surface area contributed by atoms with Gasteiger partial charge >= 0.3 is 0 Å². The lowest BCUT2D eigenvalue weighted by Gasteiger charge is -2.24. The Bertz CT molecular complexity index is 517. The van der Waals surface area contributed by atoms with E-state index in [-0.39, 0.29) is 11.9 Å². The van der Waals surface area contributed by atoms with Crippen LogP contribution in [-0.2, 0) is 18.0 Å². The Kier molecular flexibility index (Phi) is 5.70. The molecule has 2 heterocycles. The molecule has 1 aliphatic heterocycles. The van der Waals surface area contributed by atoms with E-state index in [1.807, 2.05) is 10.8 Å². The van der Waals surface area contributed by atoms with Gasteiger partial charge in [-0.1, -0.05) is 19.3 Å². The highest BCUT2D eigenvalue weighted by Gasteiger charge is 2.22. The molecule has 0 spiro atoms. The molecule has 23 heavy (non-hydrogen) atoms. The number of nitrogens with one attached hydrogen (secondary N) is 1. The molecule has 1 aromatic heterocycles. The first-order valence-corrected chi connectivity index (χ1v) is 8.90. The average molecular weight is 322 g/mol. The first kappa shape index (κ1) is 16.5. The summed E-state index contributed by atoms with van der Waals surface area (Å²) in [6, 6.07) is 1.91. The molecule has 0 aromatic carbocycles. The zero-order valence-electron chi connectivity index (χ0n) is 13.7. The Morgan fingerprint density at radius 3 is 2.65 bits per heavy atom. The van der Waals surface area contributed by atoms with E-state index in [0.29, 0.717) is 30.4 Å². The summed E-state index contributed by atoms with van der Waals surface area (Å²) in [5, 5.41) is 3.03. The van der Waals surface area contributed by atoms with Crippen molar-refractivity contribution in [2.75, 3.05) is 13.2 Å². The van der Waals surface area contributed by atoms with Gasteiger partial charge in [-0.2, -0.15) is 0 Å². The molecule has 3 rings (SSSR count). The summed E-state index contributed by atoms with van der Waals surface area (Å²) in [5.41, 5.74) is 1.02. The van der Waals surface area contributed by atoms with Crippen molar-refractivity contribution in [3.8, 4) is 0 Å². The smallest absolute Gasteiger partial charge is 0.253 e. The first-order valence-electron chi connectivity index (χ1n) is 8.90. The van der Waals surface area contributed by atoms with Crippen molar-refractivity contribution >= 4 is 5.91 Å². The lowest BCUT2D eigenvalue weighted by atomic mass is 9.89. The molecular formula is C18H27FN2O2. The second kappa shape index (κ2) is 7.95. The van der Waals surface area contributed by atoms with Crippen LogP contribution in [0, 0.1) is 5.92 Å². The highest BCUT2D eigenvalue weighted by atomic mass is 19.1. The van der Waals surface area contributed by atoms with Crippen LogP contribution in [0.2, 0.25) is 0 Å². The lowest BCUT2D eigenvalue weighted by molar-refractivity contribution is 0.0695. The number of aromatic nitrogens is 1. The molecular weight excluding hydrogens is 295 g/mol. The maximum atomic E-state index is 13.6. The van der Waals surface area contributed by atoms with E-state index < -0.39 is 6.67 Å². The van der Waals surface area contributed by atoms with Gasteiger partial charge in [0.05, 0.1) is 11.3 Å². The van der Waals surface area contributed by atoms with Crippen molar-refractivity contribution in [2.24, 2.45) is 5.92 Å². The van der Waals surface area contributed by atoms with Crippen LogP contribution >= 0.6 is 0 Å². The van der Waals surface area contributed by atoms with E-state index in [9.17, 15) is 9.18 Å². The Labute approximate surface area is 137 Å². The number of ether oxygens (including phenoxy) is 1. The number of carbonyl (C=O) groups is 1. The average Bonchev–Trinajstić information content (AvgIpc) is 2.99. The Morgan fingerprint density at radius 1 is 1.22 bits per heavy atom. The molecule has 0 atom stereocenters. The highest BCUT2D eigenvalue weighted by molar-refractivity contribution is 5.95. The van der Waals surface area contributed by atoms with Crippen molar-refractivity contribution in [1.29, 1.82) is 0 Å². The zero-order valence-corrected chi connectivity index (χ0v) is 13.7. The third kappa shape index (κ3) is 4.14. The largest absolute Gasteiger partial charge is 0.381 e. The maximum Gasteiger partial charge on any atom is 0.253 e. The van der Waals surface area contributed by atoms with E-state index in [1.54, 1.807) is 6.07 Å². The molecule has 128 valence electrons. The monoisotopic (exact) mass is 322 g/mol. The second-order valence-electron chi connectivity index (χ2n) is 6.83. The summed E-state index contributed by atoms with van der Waals surface area (Å²) in [4.78, 5) is 12.5. The van der Waals surface area contributed by atoms with Gasteiger partial charge in [-0.3, -0.25) is 4.79 Å². The summed E-state index contributed by atoms with van der Waals surface area (Å²) >= 11 is 0. The fourth-order valence-electron chi connectivity index (χ4n) is 3.78. The lowest BCUT2D eigenvalue weighted by Crippen LogP contribution is -2.39. The van der Waals surface area contributed by atoms with Crippen molar-refractivity contribution in [3.05, 3.63) is 23.5 Å². The Balaban J connectivity index is 1.65. The van der Waals surface area contributed by atoms with Gasteiger partial charge in [0.25, 0.3) is 5.91 Å². The molecule has 1 amide bonds. The predicted octanol–water partition coefficient (Wildman–Crippen LogP) is 3.45.